The Labute approximate surface area is 179 Å². The molecule has 1 aromatic carbocycles. The van der Waals surface area contributed by atoms with Crippen molar-refractivity contribution in [1.82, 2.24) is 28.0 Å². The first-order valence-corrected chi connectivity index (χ1v) is 9.98. The molecule has 4 aromatic rings. The van der Waals surface area contributed by atoms with Gasteiger partial charge >= 0.3 is 5.69 Å². The molecule has 0 N–H and O–H groups in total. The van der Waals surface area contributed by atoms with E-state index in [1.165, 1.54) is 17.9 Å². The Balaban J connectivity index is 0.000000179. The zero-order valence-electron chi connectivity index (χ0n) is 18.9. The molecule has 0 amide bonds. The van der Waals surface area contributed by atoms with Crippen LogP contribution in [0.4, 0.5) is 0 Å². The SMILES string of the molecule is Cc1c(C(C)C)c(=O)n(-c2ccccc2)n1C.Cn1c(=O)c2c(ncn2C)n(C)c1=O. The maximum atomic E-state index is 12.4. The summed E-state index contributed by atoms with van der Waals surface area (Å²) in [5.74, 6) is 0.249. The highest BCUT2D eigenvalue weighted by molar-refractivity contribution is 5.69. The molecule has 9 nitrogen and oxygen atoms in total. The van der Waals surface area contributed by atoms with Crippen molar-refractivity contribution in [1.29, 1.82) is 0 Å². The fourth-order valence-electron chi connectivity index (χ4n) is 3.72. The Morgan fingerprint density at radius 3 is 2.03 bits per heavy atom. The van der Waals surface area contributed by atoms with Crippen LogP contribution in [0.15, 0.2) is 51.0 Å². The highest BCUT2D eigenvalue weighted by Crippen LogP contribution is 2.17. The predicted octanol–water partition coefficient (Wildman–Crippen LogP) is 1.58. The van der Waals surface area contributed by atoms with E-state index in [2.05, 4.69) is 18.8 Å². The first-order chi connectivity index (χ1) is 14.6. The quantitative estimate of drug-likeness (QED) is 0.489. The predicted molar refractivity (Wildman–Crippen MR) is 121 cm³/mol. The van der Waals surface area contributed by atoms with Crippen molar-refractivity contribution >= 4 is 11.2 Å². The van der Waals surface area contributed by atoms with Gasteiger partial charge in [-0.2, -0.15) is 0 Å². The molecule has 0 unspecified atom stereocenters. The number of rotatable bonds is 2. The van der Waals surface area contributed by atoms with Crippen LogP contribution in [0.3, 0.4) is 0 Å². The molecule has 3 aromatic heterocycles. The van der Waals surface area contributed by atoms with Crippen LogP contribution in [0, 0.1) is 6.92 Å². The van der Waals surface area contributed by atoms with Crippen molar-refractivity contribution in [2.75, 3.05) is 0 Å². The molecule has 0 atom stereocenters. The molecule has 31 heavy (non-hydrogen) atoms. The van der Waals surface area contributed by atoms with Gasteiger partial charge < -0.3 is 4.57 Å². The molecule has 164 valence electrons. The lowest BCUT2D eigenvalue weighted by molar-refractivity contribution is 0.630. The van der Waals surface area contributed by atoms with Crippen LogP contribution in [-0.4, -0.2) is 28.0 Å². The van der Waals surface area contributed by atoms with E-state index in [9.17, 15) is 14.4 Å². The van der Waals surface area contributed by atoms with Crippen molar-refractivity contribution in [2.24, 2.45) is 28.2 Å². The van der Waals surface area contributed by atoms with E-state index in [0.29, 0.717) is 11.2 Å². The molecule has 9 heteroatoms. The number of hydrogen-bond acceptors (Lipinski definition) is 4. The Bertz CT molecular complexity index is 1410. The maximum absolute atomic E-state index is 12.4. The number of fused-ring (bicyclic) bond motifs is 1. The van der Waals surface area contributed by atoms with Gasteiger partial charge in [-0.25, -0.2) is 14.5 Å². The third-order valence-corrected chi connectivity index (χ3v) is 5.49. The van der Waals surface area contributed by atoms with Crippen LogP contribution in [0.1, 0.15) is 31.0 Å². The second-order valence-corrected chi connectivity index (χ2v) is 7.86. The van der Waals surface area contributed by atoms with Gasteiger partial charge in [-0.05, 0) is 25.0 Å². The molecule has 0 fully saturated rings. The number of aromatic nitrogens is 6. The Kier molecular flexibility index (Phi) is 5.88. The minimum atomic E-state index is -0.360. The van der Waals surface area contributed by atoms with Gasteiger partial charge in [-0.3, -0.25) is 23.4 Å². The largest absolute Gasteiger partial charge is 0.332 e. The van der Waals surface area contributed by atoms with E-state index in [1.54, 1.807) is 23.3 Å². The summed E-state index contributed by atoms with van der Waals surface area (Å²) in [7, 11) is 6.70. The topological polar surface area (TPSA) is 88.8 Å². The number of aryl methyl sites for hydroxylation is 2. The second-order valence-electron chi connectivity index (χ2n) is 7.86. The van der Waals surface area contributed by atoms with Gasteiger partial charge in [-0.15, -0.1) is 0 Å². The summed E-state index contributed by atoms with van der Waals surface area (Å²) in [4.78, 5) is 39.5. The number of hydrogen-bond donors (Lipinski definition) is 0. The second kappa shape index (κ2) is 8.25. The van der Waals surface area contributed by atoms with Crippen LogP contribution in [0.25, 0.3) is 16.9 Å². The molecular formula is C22H28N6O3. The number of nitrogens with zero attached hydrogens (tertiary/aromatic N) is 6. The minimum Gasteiger partial charge on any atom is -0.328 e. The lowest BCUT2D eigenvalue weighted by atomic mass is 10.0. The van der Waals surface area contributed by atoms with Crippen LogP contribution in [-0.2, 0) is 28.2 Å². The fourth-order valence-corrected chi connectivity index (χ4v) is 3.72. The highest BCUT2D eigenvalue weighted by Gasteiger charge is 2.18. The van der Waals surface area contributed by atoms with Crippen molar-refractivity contribution in [3.63, 3.8) is 0 Å². The average molecular weight is 425 g/mol. The fraction of sp³-hybridized carbons (Fsp3) is 0.364. The highest BCUT2D eigenvalue weighted by atomic mass is 16.2. The van der Waals surface area contributed by atoms with Gasteiger partial charge in [-0.1, -0.05) is 32.0 Å². The maximum Gasteiger partial charge on any atom is 0.332 e. The van der Waals surface area contributed by atoms with Gasteiger partial charge in [0.2, 0.25) is 0 Å². The summed E-state index contributed by atoms with van der Waals surface area (Å²) < 4.78 is 7.69. The zero-order chi connectivity index (χ0) is 23.0. The van der Waals surface area contributed by atoms with E-state index in [-0.39, 0.29) is 22.7 Å². The third kappa shape index (κ3) is 3.67. The molecule has 0 radical (unpaired) electrons. The van der Waals surface area contributed by atoms with Crippen molar-refractivity contribution in [2.45, 2.75) is 26.7 Å². The van der Waals surface area contributed by atoms with Gasteiger partial charge in [0.1, 0.15) is 0 Å². The zero-order valence-corrected chi connectivity index (χ0v) is 18.9. The molecule has 0 aliphatic carbocycles. The number of benzene rings is 1. The first kappa shape index (κ1) is 22.1. The molecule has 3 heterocycles. The lowest BCUT2D eigenvalue weighted by Crippen LogP contribution is -2.37. The van der Waals surface area contributed by atoms with E-state index in [1.807, 2.05) is 49.0 Å². The number of imidazole rings is 1. The molecular weight excluding hydrogens is 396 g/mol. The lowest BCUT2D eigenvalue weighted by Gasteiger charge is -2.07. The summed E-state index contributed by atoms with van der Waals surface area (Å²) in [6, 6.07) is 9.74. The summed E-state index contributed by atoms with van der Waals surface area (Å²) in [5, 5.41) is 0. The van der Waals surface area contributed by atoms with Crippen molar-refractivity contribution in [3.05, 3.63) is 79.1 Å². The monoisotopic (exact) mass is 424 g/mol. The van der Waals surface area contributed by atoms with E-state index in [4.69, 9.17) is 0 Å². The normalized spacial score (nSPS) is 11.1. The van der Waals surface area contributed by atoms with E-state index < -0.39 is 0 Å². The van der Waals surface area contributed by atoms with Crippen LogP contribution in [0.5, 0.6) is 0 Å². The minimum absolute atomic E-state index is 0.0891. The summed E-state index contributed by atoms with van der Waals surface area (Å²) in [6.45, 7) is 6.11. The smallest absolute Gasteiger partial charge is 0.328 e. The van der Waals surface area contributed by atoms with Gasteiger partial charge in [0, 0.05) is 39.4 Å². The summed E-state index contributed by atoms with van der Waals surface area (Å²) >= 11 is 0. The Morgan fingerprint density at radius 2 is 1.48 bits per heavy atom. The summed E-state index contributed by atoms with van der Waals surface area (Å²) in [5.41, 5.74) is 3.12. The average Bonchev–Trinajstić information content (AvgIpc) is 3.23. The van der Waals surface area contributed by atoms with Crippen LogP contribution >= 0.6 is 0 Å². The molecule has 4 rings (SSSR count). The summed E-state index contributed by atoms with van der Waals surface area (Å²) in [6.07, 6.45) is 1.52. The molecule has 0 aliphatic heterocycles. The third-order valence-electron chi connectivity index (χ3n) is 5.49. The van der Waals surface area contributed by atoms with Crippen LogP contribution < -0.4 is 16.8 Å². The first-order valence-electron chi connectivity index (χ1n) is 9.98. The van der Waals surface area contributed by atoms with Gasteiger partial charge in [0.15, 0.2) is 11.2 Å². The Morgan fingerprint density at radius 1 is 0.871 bits per heavy atom. The van der Waals surface area contributed by atoms with Crippen molar-refractivity contribution in [3.8, 4) is 5.69 Å². The van der Waals surface area contributed by atoms with Crippen molar-refractivity contribution < 1.29 is 0 Å². The molecule has 0 saturated carbocycles. The van der Waals surface area contributed by atoms with Crippen LogP contribution in [0.2, 0.25) is 0 Å². The van der Waals surface area contributed by atoms with E-state index >= 15 is 0 Å². The number of para-hydroxylation sites is 1. The molecule has 0 bridgehead atoms. The molecule has 0 aliphatic rings. The van der Waals surface area contributed by atoms with Gasteiger partial charge in [0.25, 0.3) is 11.1 Å². The molecule has 0 saturated heterocycles. The van der Waals surface area contributed by atoms with E-state index in [0.717, 1.165) is 21.5 Å². The van der Waals surface area contributed by atoms with Gasteiger partial charge in [0.05, 0.1) is 12.0 Å². The molecule has 0 spiro atoms. The Hall–Kier alpha value is -3.62. The standard InChI is InChI=1S/C14H18N2O.C8H10N4O2/c1-10(2)13-11(3)15(4)16(14(13)17)12-8-6-5-7-9-12;1-10-4-9-6-5(10)7(13)12(3)8(14)11(6)2/h5-10H,1-4H3;4H,1-3H3.